The Hall–Kier alpha value is -1.93. The van der Waals surface area contributed by atoms with Crippen molar-refractivity contribution in [3.8, 4) is 0 Å². The first-order chi connectivity index (χ1) is 8.74. The highest BCUT2D eigenvalue weighted by Gasteiger charge is 2.09. The lowest BCUT2D eigenvalue weighted by molar-refractivity contribution is -0.119. The van der Waals surface area contributed by atoms with Crippen molar-refractivity contribution in [1.29, 1.82) is 0 Å². The summed E-state index contributed by atoms with van der Waals surface area (Å²) in [6, 6.07) is 1.90. The van der Waals surface area contributed by atoms with Gasteiger partial charge in [-0.3, -0.25) is 10.2 Å². The third-order valence-electron chi connectivity index (χ3n) is 2.24. The van der Waals surface area contributed by atoms with Gasteiger partial charge >= 0.3 is 0 Å². The number of rotatable bonds is 5. The smallest absolute Gasteiger partial charge is 0.240 e. The van der Waals surface area contributed by atoms with Gasteiger partial charge < -0.3 is 10.6 Å². The van der Waals surface area contributed by atoms with E-state index in [-0.39, 0.29) is 12.5 Å². The summed E-state index contributed by atoms with van der Waals surface area (Å²) in [7, 11) is 0. The number of aromatic nitrogens is 2. The number of carbonyl (C=O) groups is 1. The van der Waals surface area contributed by atoms with Gasteiger partial charge in [0, 0.05) is 6.54 Å². The molecule has 0 aliphatic heterocycles. The number of likely N-dealkylation sites (N-methyl/N-ethyl adjacent to an activating group) is 1. The molecule has 0 aliphatic rings. The molecule has 8 heteroatoms. The summed E-state index contributed by atoms with van der Waals surface area (Å²) in [5.41, 5.74) is 2.41. The zero-order chi connectivity index (χ0) is 13.0. The molecule has 0 radical (unpaired) electrons. The lowest BCUT2D eigenvalue weighted by atomic mass is 10.3. The zero-order valence-electron chi connectivity index (χ0n) is 9.86. The third-order valence-corrected chi connectivity index (χ3v) is 3.05. The zero-order valence-corrected chi connectivity index (χ0v) is 10.7. The lowest BCUT2D eigenvalue weighted by Crippen LogP contribution is -2.29. The van der Waals surface area contributed by atoms with Gasteiger partial charge in [0.25, 0.3) is 0 Å². The minimum absolute atomic E-state index is 0.0817. The van der Waals surface area contributed by atoms with Gasteiger partial charge in [-0.25, -0.2) is 10.8 Å². The Morgan fingerprint density at radius 3 is 3.06 bits per heavy atom. The van der Waals surface area contributed by atoms with Gasteiger partial charge in [-0.1, -0.05) is 0 Å². The van der Waals surface area contributed by atoms with Gasteiger partial charge in [-0.05, 0) is 18.4 Å². The molecule has 7 nitrogen and oxygen atoms in total. The van der Waals surface area contributed by atoms with E-state index in [4.69, 9.17) is 5.84 Å². The molecule has 0 aliphatic carbocycles. The predicted molar refractivity (Wildman–Crippen MR) is 72.4 cm³/mol. The average molecular weight is 266 g/mol. The summed E-state index contributed by atoms with van der Waals surface area (Å²) in [5.74, 6) is 6.14. The van der Waals surface area contributed by atoms with Crippen LogP contribution in [0, 0.1) is 0 Å². The first-order valence-electron chi connectivity index (χ1n) is 5.47. The van der Waals surface area contributed by atoms with Gasteiger partial charge in [0.1, 0.15) is 10.6 Å². The van der Waals surface area contributed by atoms with Crippen LogP contribution in [0.5, 0.6) is 0 Å². The third kappa shape index (κ3) is 2.66. The van der Waals surface area contributed by atoms with Crippen molar-refractivity contribution in [2.75, 3.05) is 23.8 Å². The number of hydrogen-bond donors (Lipinski definition) is 4. The maximum absolute atomic E-state index is 11.4. The van der Waals surface area contributed by atoms with E-state index in [0.717, 1.165) is 10.2 Å². The van der Waals surface area contributed by atoms with Crippen molar-refractivity contribution in [2.24, 2.45) is 5.84 Å². The normalized spacial score (nSPS) is 10.3. The molecule has 2 heterocycles. The fourth-order valence-corrected chi connectivity index (χ4v) is 2.24. The Bertz CT molecular complexity index is 554. The van der Waals surface area contributed by atoms with Crippen LogP contribution in [-0.2, 0) is 4.79 Å². The van der Waals surface area contributed by atoms with Crippen molar-refractivity contribution >= 4 is 39.2 Å². The van der Waals surface area contributed by atoms with Crippen molar-refractivity contribution in [3.05, 3.63) is 11.4 Å². The molecule has 0 fully saturated rings. The minimum Gasteiger partial charge on any atom is -0.360 e. The molecule has 96 valence electrons. The molecular formula is C10H14N6OS. The van der Waals surface area contributed by atoms with Crippen LogP contribution >= 0.6 is 11.3 Å². The quantitative estimate of drug-likeness (QED) is 0.464. The van der Waals surface area contributed by atoms with Crippen LogP contribution in [0.25, 0.3) is 10.2 Å². The molecule has 18 heavy (non-hydrogen) atoms. The van der Waals surface area contributed by atoms with Crippen LogP contribution in [0.2, 0.25) is 0 Å². The number of hydrazine groups is 1. The molecule has 0 spiro atoms. The van der Waals surface area contributed by atoms with Crippen LogP contribution in [-0.4, -0.2) is 29.0 Å². The van der Waals surface area contributed by atoms with Crippen molar-refractivity contribution in [1.82, 2.24) is 15.3 Å². The molecule has 2 rings (SSSR count). The Balaban J connectivity index is 2.20. The fourth-order valence-electron chi connectivity index (χ4n) is 1.48. The summed E-state index contributed by atoms with van der Waals surface area (Å²) < 4.78 is 0. The molecule has 0 saturated heterocycles. The molecule has 2 aromatic heterocycles. The fraction of sp³-hybridized carbons (Fsp3) is 0.300. The highest BCUT2D eigenvalue weighted by molar-refractivity contribution is 7.16. The van der Waals surface area contributed by atoms with E-state index >= 15 is 0 Å². The van der Waals surface area contributed by atoms with Crippen molar-refractivity contribution in [2.45, 2.75) is 6.92 Å². The molecule has 2 aromatic rings. The van der Waals surface area contributed by atoms with Gasteiger partial charge in [-0.2, -0.15) is 4.98 Å². The highest BCUT2D eigenvalue weighted by Crippen LogP contribution is 2.25. The number of amides is 1. The first-order valence-corrected chi connectivity index (χ1v) is 6.35. The Kier molecular flexibility index (Phi) is 3.90. The molecule has 0 unspecified atom stereocenters. The predicted octanol–water partition coefficient (Wildman–Crippen LogP) is 0.525. The van der Waals surface area contributed by atoms with E-state index in [1.165, 1.54) is 11.3 Å². The second-order valence-electron chi connectivity index (χ2n) is 3.49. The minimum atomic E-state index is -0.0817. The SMILES string of the molecule is CCNC(=O)CNc1nc(NN)nc2sccc12. The van der Waals surface area contributed by atoms with Crippen molar-refractivity contribution < 1.29 is 4.79 Å². The van der Waals surface area contributed by atoms with E-state index in [0.29, 0.717) is 18.3 Å². The second kappa shape index (κ2) is 5.61. The molecule has 0 aromatic carbocycles. The van der Waals surface area contributed by atoms with Gasteiger partial charge in [0.05, 0.1) is 11.9 Å². The number of nitrogens with zero attached hydrogens (tertiary/aromatic N) is 2. The second-order valence-corrected chi connectivity index (χ2v) is 4.38. The average Bonchev–Trinajstić information content (AvgIpc) is 2.84. The number of nitrogens with one attached hydrogen (secondary N) is 3. The largest absolute Gasteiger partial charge is 0.360 e. The molecule has 0 saturated carbocycles. The van der Waals surface area contributed by atoms with Crippen LogP contribution < -0.4 is 21.9 Å². The number of nitrogen functional groups attached to an aromatic ring is 1. The van der Waals surface area contributed by atoms with E-state index < -0.39 is 0 Å². The summed E-state index contributed by atoms with van der Waals surface area (Å²) in [4.78, 5) is 20.6. The van der Waals surface area contributed by atoms with Crippen LogP contribution in [0.4, 0.5) is 11.8 Å². The summed E-state index contributed by atoms with van der Waals surface area (Å²) in [6.07, 6.45) is 0. The molecule has 0 atom stereocenters. The highest BCUT2D eigenvalue weighted by atomic mass is 32.1. The van der Waals surface area contributed by atoms with E-state index in [9.17, 15) is 4.79 Å². The molecule has 5 N–H and O–H groups in total. The van der Waals surface area contributed by atoms with Gasteiger partial charge in [0.15, 0.2) is 0 Å². The standard InChI is InChI=1S/C10H14N6OS/c1-2-12-7(17)5-13-8-6-3-4-18-9(6)15-10(14-8)16-11/h3-4H,2,5,11H2,1H3,(H,12,17)(H2,13,14,15,16). The van der Waals surface area contributed by atoms with Gasteiger partial charge in [-0.15, -0.1) is 11.3 Å². The Labute approximate surface area is 108 Å². The Morgan fingerprint density at radius 1 is 1.50 bits per heavy atom. The summed E-state index contributed by atoms with van der Waals surface area (Å²) >= 11 is 1.49. The maximum Gasteiger partial charge on any atom is 0.240 e. The number of thiophene rings is 1. The Morgan fingerprint density at radius 2 is 2.33 bits per heavy atom. The maximum atomic E-state index is 11.4. The van der Waals surface area contributed by atoms with E-state index in [1.807, 2.05) is 18.4 Å². The number of hydrogen-bond acceptors (Lipinski definition) is 7. The van der Waals surface area contributed by atoms with Gasteiger partial charge in [0.2, 0.25) is 11.9 Å². The monoisotopic (exact) mass is 266 g/mol. The number of nitrogens with two attached hydrogens (primary N) is 1. The van der Waals surface area contributed by atoms with E-state index in [2.05, 4.69) is 26.0 Å². The first kappa shape index (κ1) is 12.5. The summed E-state index contributed by atoms with van der Waals surface area (Å²) in [6.45, 7) is 2.64. The van der Waals surface area contributed by atoms with Crippen molar-refractivity contribution in [3.63, 3.8) is 0 Å². The number of fused-ring (bicyclic) bond motifs is 1. The lowest BCUT2D eigenvalue weighted by Gasteiger charge is -2.08. The molecule has 1 amide bonds. The summed E-state index contributed by atoms with van der Waals surface area (Å²) in [5, 5.41) is 8.48. The topological polar surface area (TPSA) is 105 Å². The number of anilines is 2. The molecule has 0 bridgehead atoms. The van der Waals surface area contributed by atoms with E-state index in [1.54, 1.807) is 0 Å². The molecular weight excluding hydrogens is 252 g/mol. The van der Waals surface area contributed by atoms with Crippen LogP contribution in [0.1, 0.15) is 6.92 Å². The van der Waals surface area contributed by atoms with Crippen LogP contribution in [0.15, 0.2) is 11.4 Å². The van der Waals surface area contributed by atoms with Crippen LogP contribution in [0.3, 0.4) is 0 Å². The number of carbonyl (C=O) groups excluding carboxylic acids is 1.